The van der Waals surface area contributed by atoms with Crippen molar-refractivity contribution in [2.24, 2.45) is 0 Å². The molecular weight excluding hydrogens is 246 g/mol. The maximum Gasteiger partial charge on any atom is 0.338 e. The number of hydrogen-bond donors (Lipinski definition) is 2. The van der Waals surface area contributed by atoms with Gasteiger partial charge < -0.3 is 10.8 Å². The lowest BCUT2D eigenvalue weighted by Gasteiger charge is -1.99. The van der Waals surface area contributed by atoms with Crippen LogP contribution >= 0.6 is 0 Å². The summed E-state index contributed by atoms with van der Waals surface area (Å²) in [6.07, 6.45) is 4.28. The largest absolute Gasteiger partial charge is 0.478 e. The van der Waals surface area contributed by atoms with Gasteiger partial charge in [0.05, 0.1) is 16.8 Å². The van der Waals surface area contributed by atoms with E-state index in [-0.39, 0.29) is 11.4 Å². The summed E-state index contributed by atoms with van der Waals surface area (Å²) in [5.41, 5.74) is 7.61. The van der Waals surface area contributed by atoms with Crippen molar-refractivity contribution in [1.29, 1.82) is 0 Å². The summed E-state index contributed by atoms with van der Waals surface area (Å²) in [6, 6.07) is 5.42. The number of aromatic carboxylic acids is 1. The van der Waals surface area contributed by atoms with E-state index < -0.39 is 5.97 Å². The minimum atomic E-state index is -1.07. The molecule has 0 bridgehead atoms. The van der Waals surface area contributed by atoms with Crippen LogP contribution in [0.4, 0.5) is 5.82 Å². The first kappa shape index (κ1) is 11.1. The van der Waals surface area contributed by atoms with E-state index in [0.717, 1.165) is 0 Å². The molecule has 0 aliphatic rings. The molecule has 0 amide bonds. The van der Waals surface area contributed by atoms with E-state index in [1.54, 1.807) is 18.3 Å². The number of rotatable bonds is 2. The summed E-state index contributed by atoms with van der Waals surface area (Å²) in [5.74, 6) is -0.809. The first-order valence-corrected chi connectivity index (χ1v) is 5.45. The van der Waals surface area contributed by atoms with Crippen LogP contribution in [0.3, 0.4) is 0 Å². The van der Waals surface area contributed by atoms with E-state index in [9.17, 15) is 4.79 Å². The molecule has 19 heavy (non-hydrogen) atoms. The van der Waals surface area contributed by atoms with Gasteiger partial charge in [-0.2, -0.15) is 0 Å². The van der Waals surface area contributed by atoms with Gasteiger partial charge in [0.2, 0.25) is 0 Å². The van der Waals surface area contributed by atoms with Gasteiger partial charge in [-0.3, -0.25) is 4.98 Å². The quantitative estimate of drug-likeness (QED) is 0.709. The average molecular weight is 255 g/mol. The number of carbonyl (C=O) groups is 1. The molecule has 7 heteroatoms. The van der Waals surface area contributed by atoms with E-state index in [1.807, 2.05) is 6.07 Å². The van der Waals surface area contributed by atoms with Crippen LogP contribution < -0.4 is 5.73 Å². The molecule has 3 aromatic heterocycles. The second-order valence-electron chi connectivity index (χ2n) is 3.89. The molecule has 0 saturated carbocycles. The zero-order valence-corrected chi connectivity index (χ0v) is 9.69. The number of nitrogens with two attached hydrogens (primary N) is 1. The predicted molar refractivity (Wildman–Crippen MR) is 67.6 cm³/mol. The maximum atomic E-state index is 10.9. The Kier molecular flexibility index (Phi) is 2.38. The Morgan fingerprint density at radius 1 is 1.32 bits per heavy atom. The van der Waals surface area contributed by atoms with Gasteiger partial charge in [-0.05, 0) is 12.1 Å². The SMILES string of the molecule is Nc1nn2cc(C(=O)O)cnc2c1-c1ccccn1. The number of pyridine rings is 1. The van der Waals surface area contributed by atoms with E-state index in [0.29, 0.717) is 16.9 Å². The second kappa shape index (κ2) is 4.05. The van der Waals surface area contributed by atoms with Gasteiger partial charge in [-0.15, -0.1) is 5.10 Å². The summed E-state index contributed by atoms with van der Waals surface area (Å²) in [5, 5.41) is 13.0. The number of hydrogen-bond acceptors (Lipinski definition) is 5. The fourth-order valence-electron chi connectivity index (χ4n) is 1.82. The van der Waals surface area contributed by atoms with Crippen LogP contribution in [0, 0.1) is 0 Å². The Labute approximate surface area is 107 Å². The third-order valence-corrected chi connectivity index (χ3v) is 2.67. The van der Waals surface area contributed by atoms with E-state index >= 15 is 0 Å². The molecule has 0 atom stereocenters. The first-order chi connectivity index (χ1) is 9.16. The molecule has 3 rings (SSSR count). The minimum Gasteiger partial charge on any atom is -0.478 e. The Bertz CT molecular complexity index is 766. The molecule has 3 N–H and O–H groups in total. The van der Waals surface area contributed by atoms with Gasteiger partial charge >= 0.3 is 5.97 Å². The molecule has 0 spiro atoms. The average Bonchev–Trinajstić information content (AvgIpc) is 2.74. The zero-order valence-electron chi connectivity index (χ0n) is 9.69. The highest BCUT2D eigenvalue weighted by Gasteiger charge is 2.16. The fraction of sp³-hybridized carbons (Fsp3) is 0. The lowest BCUT2D eigenvalue weighted by Crippen LogP contribution is -2.01. The molecule has 7 nitrogen and oxygen atoms in total. The summed E-state index contributed by atoms with van der Waals surface area (Å²) in [7, 11) is 0. The molecule has 0 radical (unpaired) electrons. The molecule has 0 fully saturated rings. The molecular formula is C12H9N5O2. The number of carboxylic acid groups (broad SMARTS) is 1. The van der Waals surface area contributed by atoms with Crippen LogP contribution in [0.15, 0.2) is 36.8 Å². The molecule has 0 aromatic carbocycles. The number of anilines is 1. The van der Waals surface area contributed by atoms with Crippen molar-refractivity contribution in [3.63, 3.8) is 0 Å². The van der Waals surface area contributed by atoms with Crippen molar-refractivity contribution in [1.82, 2.24) is 19.6 Å². The topological polar surface area (TPSA) is 106 Å². The fourth-order valence-corrected chi connectivity index (χ4v) is 1.82. The number of aromatic nitrogens is 4. The Morgan fingerprint density at radius 2 is 2.16 bits per heavy atom. The highest BCUT2D eigenvalue weighted by Crippen LogP contribution is 2.27. The Balaban J connectivity index is 2.27. The normalized spacial score (nSPS) is 10.7. The van der Waals surface area contributed by atoms with Crippen LogP contribution in [-0.4, -0.2) is 30.7 Å². The Morgan fingerprint density at radius 3 is 2.84 bits per heavy atom. The van der Waals surface area contributed by atoms with Crippen molar-refractivity contribution >= 4 is 17.4 Å². The van der Waals surface area contributed by atoms with Crippen LogP contribution in [0.1, 0.15) is 10.4 Å². The van der Waals surface area contributed by atoms with Gasteiger partial charge in [-0.1, -0.05) is 6.07 Å². The van der Waals surface area contributed by atoms with E-state index in [2.05, 4.69) is 15.1 Å². The minimum absolute atomic E-state index is 0.0440. The van der Waals surface area contributed by atoms with Gasteiger partial charge in [0.25, 0.3) is 0 Å². The zero-order chi connectivity index (χ0) is 13.4. The maximum absolute atomic E-state index is 10.9. The smallest absolute Gasteiger partial charge is 0.338 e. The number of nitrogen functional groups attached to an aromatic ring is 1. The highest BCUT2D eigenvalue weighted by atomic mass is 16.4. The third kappa shape index (κ3) is 1.77. The van der Waals surface area contributed by atoms with E-state index in [4.69, 9.17) is 10.8 Å². The highest BCUT2D eigenvalue weighted by molar-refractivity contribution is 5.89. The van der Waals surface area contributed by atoms with Crippen LogP contribution in [0.2, 0.25) is 0 Å². The molecule has 0 saturated heterocycles. The molecule has 0 aliphatic heterocycles. The van der Waals surface area contributed by atoms with Gasteiger partial charge in [0.15, 0.2) is 11.5 Å². The van der Waals surface area contributed by atoms with Gasteiger partial charge in [0, 0.05) is 18.6 Å². The van der Waals surface area contributed by atoms with Gasteiger partial charge in [0.1, 0.15) is 0 Å². The van der Waals surface area contributed by atoms with Crippen molar-refractivity contribution < 1.29 is 9.90 Å². The third-order valence-electron chi connectivity index (χ3n) is 2.67. The molecule has 3 aromatic rings. The van der Waals surface area contributed by atoms with Crippen molar-refractivity contribution in [3.05, 3.63) is 42.4 Å². The van der Waals surface area contributed by atoms with Crippen LogP contribution in [-0.2, 0) is 0 Å². The second-order valence-corrected chi connectivity index (χ2v) is 3.89. The van der Waals surface area contributed by atoms with Crippen molar-refractivity contribution in [2.75, 3.05) is 5.73 Å². The van der Waals surface area contributed by atoms with Crippen LogP contribution in [0.5, 0.6) is 0 Å². The number of carboxylic acids is 1. The lowest BCUT2D eigenvalue weighted by atomic mass is 10.2. The standard InChI is InChI=1S/C12H9N5O2/c13-10-9(8-3-1-2-4-14-8)11-15-5-7(12(18)19)6-17(11)16-10/h1-6H,(H2,13,16)(H,18,19). The van der Waals surface area contributed by atoms with Crippen LogP contribution in [0.25, 0.3) is 16.9 Å². The number of fused-ring (bicyclic) bond motifs is 1. The summed E-state index contributed by atoms with van der Waals surface area (Å²) >= 11 is 0. The summed E-state index contributed by atoms with van der Waals surface area (Å²) in [6.45, 7) is 0. The summed E-state index contributed by atoms with van der Waals surface area (Å²) < 4.78 is 1.35. The monoisotopic (exact) mass is 255 g/mol. The predicted octanol–water partition coefficient (Wildman–Crippen LogP) is 1.07. The molecule has 0 aliphatic carbocycles. The van der Waals surface area contributed by atoms with Crippen molar-refractivity contribution in [3.8, 4) is 11.3 Å². The lowest BCUT2D eigenvalue weighted by molar-refractivity contribution is 0.0695. The molecule has 94 valence electrons. The van der Waals surface area contributed by atoms with Gasteiger partial charge in [-0.25, -0.2) is 14.3 Å². The molecule has 0 unspecified atom stereocenters. The summed E-state index contributed by atoms with van der Waals surface area (Å²) in [4.78, 5) is 19.2. The first-order valence-electron chi connectivity index (χ1n) is 5.45. The molecule has 3 heterocycles. The Hall–Kier alpha value is -2.96. The number of nitrogens with zero attached hydrogens (tertiary/aromatic N) is 4. The van der Waals surface area contributed by atoms with Crippen molar-refractivity contribution in [2.45, 2.75) is 0 Å². The van der Waals surface area contributed by atoms with E-state index in [1.165, 1.54) is 16.9 Å².